The van der Waals surface area contributed by atoms with Crippen LogP contribution in [0.5, 0.6) is 0 Å². The number of nitrogens with one attached hydrogen (secondary N) is 1. The first-order valence-electron chi connectivity index (χ1n) is 9.07. The van der Waals surface area contributed by atoms with E-state index in [2.05, 4.69) is 83.0 Å². The van der Waals surface area contributed by atoms with Gasteiger partial charge in [0.05, 0.1) is 0 Å². The lowest BCUT2D eigenvalue weighted by atomic mass is 9.90. The van der Waals surface area contributed by atoms with Gasteiger partial charge in [-0.1, -0.05) is 55.5 Å². The highest BCUT2D eigenvalue weighted by molar-refractivity contribution is 5.48. The molecule has 0 aliphatic rings. The van der Waals surface area contributed by atoms with E-state index in [1.165, 1.54) is 27.9 Å². The van der Waals surface area contributed by atoms with Crippen LogP contribution >= 0.6 is 0 Å². The van der Waals surface area contributed by atoms with Gasteiger partial charge in [0.15, 0.2) is 0 Å². The fraction of sp³-hybridized carbons (Fsp3) is 0.478. The topological polar surface area (TPSA) is 12.0 Å². The molecule has 1 nitrogen and oxygen atoms in total. The second-order valence-corrected chi connectivity index (χ2v) is 6.30. The molecule has 0 aromatic carbocycles. The van der Waals surface area contributed by atoms with Gasteiger partial charge in [-0.3, -0.25) is 0 Å². The van der Waals surface area contributed by atoms with Crippen molar-refractivity contribution in [3.63, 3.8) is 0 Å². The lowest BCUT2D eigenvalue weighted by Crippen LogP contribution is -2.19. The second-order valence-electron chi connectivity index (χ2n) is 6.30. The van der Waals surface area contributed by atoms with Gasteiger partial charge in [-0.15, -0.1) is 0 Å². The highest BCUT2D eigenvalue weighted by Gasteiger charge is 2.10. The van der Waals surface area contributed by atoms with Crippen LogP contribution in [0.4, 0.5) is 0 Å². The van der Waals surface area contributed by atoms with Gasteiger partial charge < -0.3 is 5.32 Å². The summed E-state index contributed by atoms with van der Waals surface area (Å²) in [6, 6.07) is 0. The van der Waals surface area contributed by atoms with Crippen LogP contribution in [0.15, 0.2) is 70.9 Å². The molecule has 1 N–H and O–H groups in total. The highest BCUT2D eigenvalue weighted by Crippen LogP contribution is 2.26. The Hall–Kier alpha value is -1.60. The first kappa shape index (κ1) is 22.4. The maximum absolute atomic E-state index is 4.34. The third kappa shape index (κ3) is 7.79. The number of hydrogen-bond donors (Lipinski definition) is 1. The zero-order chi connectivity index (χ0) is 18.5. The van der Waals surface area contributed by atoms with Crippen molar-refractivity contribution in [2.24, 2.45) is 5.92 Å². The zero-order valence-corrected chi connectivity index (χ0v) is 16.9. The summed E-state index contributed by atoms with van der Waals surface area (Å²) >= 11 is 0. The molecule has 0 heterocycles. The van der Waals surface area contributed by atoms with Gasteiger partial charge >= 0.3 is 0 Å². The van der Waals surface area contributed by atoms with Crippen LogP contribution in [0.1, 0.15) is 54.4 Å². The molecule has 1 atom stereocenters. The molecule has 1 unspecified atom stereocenters. The summed E-state index contributed by atoms with van der Waals surface area (Å²) in [5.74, 6) is 0.568. The standard InChI is InChI=1S/C23H37N/c1-9-13-14-23(19(6)10-2)20(7)15-18(5)16-21(11-3)22(12-4)17-24-8/h9-11,13-14,16,22,24H,7,12,15,17H2,1-6,8H3/b13-9+,18-16-,19-10-,21-11+,23-14+. The van der Waals surface area contributed by atoms with Crippen molar-refractivity contribution < 1.29 is 0 Å². The molecule has 0 aromatic rings. The van der Waals surface area contributed by atoms with Crippen molar-refractivity contribution in [3.8, 4) is 0 Å². The smallest absolute Gasteiger partial charge is 0.00169 e. The molecular weight excluding hydrogens is 290 g/mol. The van der Waals surface area contributed by atoms with E-state index in [1.807, 2.05) is 14.0 Å². The average Bonchev–Trinajstić information content (AvgIpc) is 2.57. The summed E-state index contributed by atoms with van der Waals surface area (Å²) in [7, 11) is 2.02. The van der Waals surface area contributed by atoms with Gasteiger partial charge in [-0.05, 0) is 82.7 Å². The van der Waals surface area contributed by atoms with E-state index in [0.29, 0.717) is 5.92 Å². The summed E-state index contributed by atoms with van der Waals surface area (Å²) in [6.45, 7) is 18.2. The average molecular weight is 328 g/mol. The number of allylic oxidation sites excluding steroid dienone is 10. The normalized spacial score (nSPS) is 16.0. The molecular formula is C23H37N. The van der Waals surface area contributed by atoms with E-state index in [9.17, 15) is 0 Å². The molecule has 24 heavy (non-hydrogen) atoms. The van der Waals surface area contributed by atoms with Gasteiger partial charge in [0, 0.05) is 6.54 Å². The van der Waals surface area contributed by atoms with Crippen LogP contribution in [0.2, 0.25) is 0 Å². The maximum atomic E-state index is 4.34. The lowest BCUT2D eigenvalue weighted by molar-refractivity contribution is 0.561. The second kappa shape index (κ2) is 12.8. The van der Waals surface area contributed by atoms with E-state index in [-0.39, 0.29) is 0 Å². The molecule has 0 fully saturated rings. The minimum absolute atomic E-state index is 0.568. The SMILES string of the molecule is C=C(C/C(C)=C\C(=C/C)C(CC)CNC)C(=C/C=C/C)/C(C)=C\C. The van der Waals surface area contributed by atoms with Crippen LogP contribution < -0.4 is 5.32 Å². The number of hydrogen-bond acceptors (Lipinski definition) is 1. The third-order valence-corrected chi connectivity index (χ3v) is 4.35. The van der Waals surface area contributed by atoms with Crippen LogP contribution in [-0.2, 0) is 0 Å². The third-order valence-electron chi connectivity index (χ3n) is 4.35. The van der Waals surface area contributed by atoms with E-state index < -0.39 is 0 Å². The minimum Gasteiger partial charge on any atom is -0.319 e. The Morgan fingerprint density at radius 2 is 1.79 bits per heavy atom. The molecule has 0 saturated heterocycles. The molecule has 0 bridgehead atoms. The van der Waals surface area contributed by atoms with Gasteiger partial charge in [0.25, 0.3) is 0 Å². The maximum Gasteiger partial charge on any atom is 0.00169 e. The van der Waals surface area contributed by atoms with Gasteiger partial charge in [-0.25, -0.2) is 0 Å². The summed E-state index contributed by atoms with van der Waals surface area (Å²) in [4.78, 5) is 0. The molecule has 0 radical (unpaired) electrons. The summed E-state index contributed by atoms with van der Waals surface area (Å²) in [6.07, 6.45) is 15.1. The van der Waals surface area contributed by atoms with Gasteiger partial charge in [0.1, 0.15) is 0 Å². The molecule has 0 aliphatic heterocycles. The Balaban J connectivity index is 5.31. The Kier molecular flexibility index (Phi) is 11.9. The van der Waals surface area contributed by atoms with Crippen LogP contribution in [0.3, 0.4) is 0 Å². The molecule has 0 saturated carbocycles. The molecule has 0 aromatic heterocycles. The van der Waals surface area contributed by atoms with Crippen molar-refractivity contribution in [2.75, 3.05) is 13.6 Å². The zero-order valence-electron chi connectivity index (χ0n) is 16.9. The van der Waals surface area contributed by atoms with Gasteiger partial charge in [0.2, 0.25) is 0 Å². The Morgan fingerprint density at radius 1 is 1.12 bits per heavy atom. The molecule has 0 amide bonds. The summed E-state index contributed by atoms with van der Waals surface area (Å²) in [5, 5.41) is 3.30. The lowest BCUT2D eigenvalue weighted by Gasteiger charge is -2.17. The summed E-state index contributed by atoms with van der Waals surface area (Å²) < 4.78 is 0. The van der Waals surface area contributed by atoms with E-state index >= 15 is 0 Å². The van der Waals surface area contributed by atoms with Crippen molar-refractivity contribution in [1.29, 1.82) is 0 Å². The van der Waals surface area contributed by atoms with Crippen molar-refractivity contribution >= 4 is 0 Å². The molecule has 0 rings (SSSR count). The largest absolute Gasteiger partial charge is 0.319 e. The van der Waals surface area contributed by atoms with E-state index in [1.54, 1.807) is 0 Å². The van der Waals surface area contributed by atoms with E-state index in [0.717, 1.165) is 19.4 Å². The van der Waals surface area contributed by atoms with Crippen LogP contribution in [-0.4, -0.2) is 13.6 Å². The predicted molar refractivity (Wildman–Crippen MR) is 111 cm³/mol. The molecule has 134 valence electrons. The first-order chi connectivity index (χ1) is 11.4. The molecule has 0 spiro atoms. The van der Waals surface area contributed by atoms with E-state index in [4.69, 9.17) is 0 Å². The quantitative estimate of drug-likeness (QED) is 0.449. The Morgan fingerprint density at radius 3 is 2.25 bits per heavy atom. The fourth-order valence-corrected chi connectivity index (χ4v) is 2.82. The van der Waals surface area contributed by atoms with Crippen molar-refractivity contribution in [3.05, 3.63) is 70.9 Å². The number of rotatable bonds is 10. The monoisotopic (exact) mass is 327 g/mol. The predicted octanol–water partition coefficient (Wildman–Crippen LogP) is 6.54. The van der Waals surface area contributed by atoms with Crippen molar-refractivity contribution in [2.45, 2.75) is 54.4 Å². The molecule has 1 heteroatoms. The Labute approximate surface area is 150 Å². The fourth-order valence-electron chi connectivity index (χ4n) is 2.82. The Bertz CT molecular complexity index is 538. The molecule has 0 aliphatic carbocycles. The first-order valence-corrected chi connectivity index (χ1v) is 9.07. The van der Waals surface area contributed by atoms with Crippen molar-refractivity contribution in [1.82, 2.24) is 5.32 Å². The highest BCUT2D eigenvalue weighted by atomic mass is 14.8. The van der Waals surface area contributed by atoms with Crippen LogP contribution in [0.25, 0.3) is 0 Å². The van der Waals surface area contributed by atoms with Crippen LogP contribution in [0, 0.1) is 5.92 Å². The van der Waals surface area contributed by atoms with Gasteiger partial charge in [-0.2, -0.15) is 0 Å². The minimum atomic E-state index is 0.568. The summed E-state index contributed by atoms with van der Waals surface area (Å²) in [5.41, 5.74) is 6.47.